The summed E-state index contributed by atoms with van der Waals surface area (Å²) in [6.07, 6.45) is 1.13. The molecule has 0 aliphatic carbocycles. The van der Waals surface area contributed by atoms with E-state index in [1.54, 1.807) is 12.1 Å². The zero-order chi connectivity index (χ0) is 10.1. The summed E-state index contributed by atoms with van der Waals surface area (Å²) in [5.41, 5.74) is 0.772. The van der Waals surface area contributed by atoms with Gasteiger partial charge in [0.2, 0.25) is 0 Å². The zero-order valence-electron chi connectivity index (χ0n) is 7.06. The van der Waals surface area contributed by atoms with Crippen molar-refractivity contribution in [3.05, 3.63) is 35.9 Å². The summed E-state index contributed by atoms with van der Waals surface area (Å²) in [6.45, 7) is 0. The second-order valence-electron chi connectivity index (χ2n) is 2.81. The van der Waals surface area contributed by atoms with E-state index < -0.39 is 11.9 Å². The number of esters is 2. The van der Waals surface area contributed by atoms with Gasteiger partial charge in [-0.25, -0.2) is 9.59 Å². The van der Waals surface area contributed by atoms with Gasteiger partial charge in [0.1, 0.15) is 5.75 Å². The SMILES string of the molecule is O=C1C=C(c2ccc(O)cc2)C(=O)O1. The van der Waals surface area contributed by atoms with Gasteiger partial charge in [-0.3, -0.25) is 0 Å². The fourth-order valence-corrected chi connectivity index (χ4v) is 1.19. The van der Waals surface area contributed by atoms with Gasteiger partial charge in [0.25, 0.3) is 0 Å². The number of carbonyl (C=O) groups excluding carboxylic acids is 2. The molecule has 0 radical (unpaired) electrons. The summed E-state index contributed by atoms with van der Waals surface area (Å²) in [5, 5.41) is 9.01. The van der Waals surface area contributed by atoms with Crippen LogP contribution in [-0.4, -0.2) is 17.0 Å². The van der Waals surface area contributed by atoms with Crippen molar-refractivity contribution >= 4 is 17.5 Å². The highest BCUT2D eigenvalue weighted by Crippen LogP contribution is 2.22. The van der Waals surface area contributed by atoms with Gasteiger partial charge in [0, 0.05) is 6.08 Å². The minimum absolute atomic E-state index is 0.104. The summed E-state index contributed by atoms with van der Waals surface area (Å²) >= 11 is 0. The van der Waals surface area contributed by atoms with E-state index in [1.807, 2.05) is 0 Å². The molecule has 0 atom stereocenters. The highest BCUT2D eigenvalue weighted by molar-refractivity contribution is 6.28. The highest BCUT2D eigenvalue weighted by atomic mass is 16.6. The van der Waals surface area contributed by atoms with E-state index in [0.29, 0.717) is 5.56 Å². The van der Waals surface area contributed by atoms with E-state index in [0.717, 1.165) is 6.08 Å². The van der Waals surface area contributed by atoms with E-state index >= 15 is 0 Å². The van der Waals surface area contributed by atoms with Gasteiger partial charge in [0.15, 0.2) is 0 Å². The molecule has 4 heteroatoms. The molecule has 1 aromatic rings. The summed E-state index contributed by atoms with van der Waals surface area (Å²) in [6, 6.07) is 5.96. The van der Waals surface area contributed by atoms with Gasteiger partial charge in [-0.15, -0.1) is 0 Å². The summed E-state index contributed by atoms with van der Waals surface area (Å²) in [5.74, 6) is -1.20. The van der Waals surface area contributed by atoms with Crippen LogP contribution in [0.5, 0.6) is 5.75 Å². The lowest BCUT2D eigenvalue weighted by atomic mass is 10.1. The molecule has 14 heavy (non-hydrogen) atoms. The molecule has 0 spiro atoms. The Morgan fingerprint density at radius 1 is 1.07 bits per heavy atom. The molecule has 4 nitrogen and oxygen atoms in total. The maximum Gasteiger partial charge on any atom is 0.346 e. The average Bonchev–Trinajstić information content (AvgIpc) is 2.47. The first-order valence-corrected chi connectivity index (χ1v) is 3.94. The molecule has 1 aliphatic rings. The van der Waals surface area contributed by atoms with Gasteiger partial charge >= 0.3 is 11.9 Å². The number of phenolic OH excluding ortho intramolecular Hbond substituents is 1. The molecule has 0 unspecified atom stereocenters. The first-order chi connectivity index (χ1) is 6.66. The molecule has 2 rings (SSSR count). The van der Waals surface area contributed by atoms with Crippen molar-refractivity contribution < 1.29 is 19.4 Å². The number of ether oxygens (including phenoxy) is 1. The second kappa shape index (κ2) is 2.99. The van der Waals surface area contributed by atoms with Crippen molar-refractivity contribution in [3.8, 4) is 5.75 Å². The molecule has 70 valence electrons. The predicted octanol–water partition coefficient (Wildman–Crippen LogP) is 0.859. The molecule has 1 N–H and O–H groups in total. The molecule has 0 fully saturated rings. The van der Waals surface area contributed by atoms with E-state index in [9.17, 15) is 9.59 Å². The summed E-state index contributed by atoms with van der Waals surface area (Å²) in [7, 11) is 0. The number of aromatic hydroxyl groups is 1. The number of carbonyl (C=O) groups is 2. The molecule has 0 aromatic heterocycles. The van der Waals surface area contributed by atoms with Crippen molar-refractivity contribution in [1.82, 2.24) is 0 Å². The largest absolute Gasteiger partial charge is 0.508 e. The topological polar surface area (TPSA) is 63.6 Å². The number of phenols is 1. The van der Waals surface area contributed by atoms with Crippen molar-refractivity contribution in [2.45, 2.75) is 0 Å². The van der Waals surface area contributed by atoms with E-state index in [1.165, 1.54) is 12.1 Å². The Morgan fingerprint density at radius 2 is 1.71 bits per heavy atom. The first-order valence-electron chi connectivity index (χ1n) is 3.94. The molecule has 1 heterocycles. The fourth-order valence-electron chi connectivity index (χ4n) is 1.19. The highest BCUT2D eigenvalue weighted by Gasteiger charge is 2.24. The number of hydrogen-bond donors (Lipinski definition) is 1. The lowest BCUT2D eigenvalue weighted by Crippen LogP contribution is -2.01. The van der Waals surface area contributed by atoms with Crippen LogP contribution >= 0.6 is 0 Å². The van der Waals surface area contributed by atoms with E-state index in [4.69, 9.17) is 5.11 Å². The minimum Gasteiger partial charge on any atom is -0.508 e. The van der Waals surface area contributed by atoms with Gasteiger partial charge in [-0.1, -0.05) is 12.1 Å². The Labute approximate surface area is 79.4 Å². The van der Waals surface area contributed by atoms with Crippen LogP contribution in [0, 0.1) is 0 Å². The third kappa shape index (κ3) is 1.37. The molecule has 0 saturated heterocycles. The van der Waals surface area contributed by atoms with Crippen molar-refractivity contribution in [2.24, 2.45) is 0 Å². The maximum absolute atomic E-state index is 11.1. The third-order valence-corrected chi connectivity index (χ3v) is 1.85. The Morgan fingerprint density at radius 3 is 2.21 bits per heavy atom. The van der Waals surface area contributed by atoms with Crippen LogP contribution < -0.4 is 0 Å². The Hall–Kier alpha value is -2.10. The normalized spacial score (nSPS) is 15.3. The quantitative estimate of drug-likeness (QED) is 0.527. The van der Waals surface area contributed by atoms with Crippen LogP contribution in [0.2, 0.25) is 0 Å². The van der Waals surface area contributed by atoms with Crippen molar-refractivity contribution in [1.29, 1.82) is 0 Å². The van der Waals surface area contributed by atoms with Crippen LogP contribution in [-0.2, 0) is 14.3 Å². The average molecular weight is 190 g/mol. The monoisotopic (exact) mass is 190 g/mol. The molecular formula is C10H6O4. The lowest BCUT2D eigenvalue weighted by Gasteiger charge is -1.98. The Bertz CT molecular complexity index is 428. The Kier molecular flexibility index (Phi) is 1.81. The van der Waals surface area contributed by atoms with Crippen LogP contribution in [0.1, 0.15) is 5.56 Å². The van der Waals surface area contributed by atoms with Gasteiger partial charge < -0.3 is 9.84 Å². The van der Waals surface area contributed by atoms with E-state index in [2.05, 4.69) is 4.74 Å². The van der Waals surface area contributed by atoms with Crippen LogP contribution in [0.4, 0.5) is 0 Å². The smallest absolute Gasteiger partial charge is 0.346 e. The number of cyclic esters (lactones) is 2. The minimum atomic E-state index is -0.655. The molecule has 0 bridgehead atoms. The molecule has 1 aliphatic heterocycles. The Balaban J connectivity index is 2.41. The van der Waals surface area contributed by atoms with Crippen molar-refractivity contribution in [2.75, 3.05) is 0 Å². The molecule has 0 saturated carbocycles. The second-order valence-corrected chi connectivity index (χ2v) is 2.81. The molecule has 1 aromatic carbocycles. The van der Waals surface area contributed by atoms with Gasteiger partial charge in [-0.05, 0) is 17.7 Å². The summed E-state index contributed by atoms with van der Waals surface area (Å²) < 4.78 is 4.33. The summed E-state index contributed by atoms with van der Waals surface area (Å²) in [4.78, 5) is 21.8. The maximum atomic E-state index is 11.1. The van der Waals surface area contributed by atoms with E-state index in [-0.39, 0.29) is 11.3 Å². The van der Waals surface area contributed by atoms with Crippen LogP contribution in [0.25, 0.3) is 5.57 Å². The first kappa shape index (κ1) is 8.50. The molecule has 0 amide bonds. The molecular weight excluding hydrogens is 184 g/mol. The zero-order valence-corrected chi connectivity index (χ0v) is 7.06. The standard InChI is InChI=1S/C10H6O4/c11-7-3-1-6(2-4-7)8-5-9(12)14-10(8)13/h1-5,11H. The van der Waals surface area contributed by atoms with Gasteiger partial charge in [-0.2, -0.15) is 0 Å². The van der Waals surface area contributed by atoms with Gasteiger partial charge in [0.05, 0.1) is 5.57 Å². The van der Waals surface area contributed by atoms with Crippen LogP contribution in [0.15, 0.2) is 30.3 Å². The number of hydrogen-bond acceptors (Lipinski definition) is 4. The predicted molar refractivity (Wildman–Crippen MR) is 47.2 cm³/mol. The van der Waals surface area contributed by atoms with Crippen LogP contribution in [0.3, 0.4) is 0 Å². The number of benzene rings is 1. The number of rotatable bonds is 1. The third-order valence-electron chi connectivity index (χ3n) is 1.85. The fraction of sp³-hybridized carbons (Fsp3) is 0. The lowest BCUT2D eigenvalue weighted by molar-refractivity contribution is -0.149. The van der Waals surface area contributed by atoms with Crippen molar-refractivity contribution in [3.63, 3.8) is 0 Å².